The number of benzene rings is 3. The van der Waals surface area contributed by atoms with E-state index in [0.29, 0.717) is 28.7 Å². The van der Waals surface area contributed by atoms with E-state index >= 15 is 0 Å². The zero-order valence-corrected chi connectivity index (χ0v) is 25.5. The lowest BCUT2D eigenvalue weighted by atomic mass is 9.99. The summed E-state index contributed by atoms with van der Waals surface area (Å²) in [6.07, 6.45) is 3.34. The van der Waals surface area contributed by atoms with Crippen LogP contribution in [0.2, 0.25) is 0 Å². The number of anilines is 1. The zero-order valence-electron chi connectivity index (χ0n) is 24.6. The van der Waals surface area contributed by atoms with E-state index in [2.05, 4.69) is 10.3 Å². The van der Waals surface area contributed by atoms with E-state index in [1.165, 1.54) is 28.8 Å². The Labute approximate surface area is 264 Å². The number of rotatable bonds is 9. The maximum Gasteiger partial charge on any atom is 0.240 e. The van der Waals surface area contributed by atoms with Crippen LogP contribution in [0.3, 0.4) is 0 Å². The lowest BCUT2D eigenvalue weighted by Gasteiger charge is -2.23. The first-order chi connectivity index (χ1) is 22.0. The molecule has 9 nitrogen and oxygen atoms in total. The monoisotopic (exact) mass is 623 g/mol. The van der Waals surface area contributed by atoms with Crippen molar-refractivity contribution in [2.24, 2.45) is 0 Å². The highest BCUT2D eigenvalue weighted by atomic mass is 32.2. The van der Waals surface area contributed by atoms with Gasteiger partial charge in [-0.25, -0.2) is 9.07 Å². The van der Waals surface area contributed by atoms with Gasteiger partial charge in [0, 0.05) is 30.1 Å². The first-order valence-electron chi connectivity index (χ1n) is 14.2. The van der Waals surface area contributed by atoms with Crippen molar-refractivity contribution in [3.63, 3.8) is 0 Å². The van der Waals surface area contributed by atoms with Crippen LogP contribution in [-0.2, 0) is 16.1 Å². The van der Waals surface area contributed by atoms with Gasteiger partial charge in [-0.05, 0) is 53.6 Å². The number of carbonyl (C=O) groups is 2. The summed E-state index contributed by atoms with van der Waals surface area (Å²) < 4.78 is 26.8. The largest absolute Gasteiger partial charge is 0.493 e. The summed E-state index contributed by atoms with van der Waals surface area (Å²) in [4.78, 5) is 32.9. The number of halogens is 1. The molecule has 0 fully saturated rings. The Bertz CT molecular complexity index is 1820. The van der Waals surface area contributed by atoms with Gasteiger partial charge < -0.3 is 14.8 Å². The summed E-state index contributed by atoms with van der Waals surface area (Å²) in [5.41, 5.74) is 4.45. The second kappa shape index (κ2) is 13.2. The lowest BCUT2D eigenvalue weighted by molar-refractivity contribution is -0.123. The van der Waals surface area contributed by atoms with Gasteiger partial charge in [0.15, 0.2) is 11.5 Å². The van der Waals surface area contributed by atoms with Gasteiger partial charge in [-0.3, -0.25) is 19.5 Å². The predicted molar refractivity (Wildman–Crippen MR) is 171 cm³/mol. The molecule has 1 N–H and O–H groups in total. The average Bonchev–Trinajstić information content (AvgIpc) is 3.40. The summed E-state index contributed by atoms with van der Waals surface area (Å²) in [5, 5.41) is 7.56. The van der Waals surface area contributed by atoms with Crippen LogP contribution in [0.4, 0.5) is 10.2 Å². The van der Waals surface area contributed by atoms with Crippen LogP contribution in [0.25, 0.3) is 16.9 Å². The number of methoxy groups -OCH3 is 2. The summed E-state index contributed by atoms with van der Waals surface area (Å²) in [5.74, 6) is 0.652. The first kappa shape index (κ1) is 29.9. The Balaban J connectivity index is 1.53. The number of thioether (sulfide) groups is 1. The summed E-state index contributed by atoms with van der Waals surface area (Å²) in [7, 11) is 3.15. The van der Waals surface area contributed by atoms with Gasteiger partial charge in [0.2, 0.25) is 11.8 Å². The van der Waals surface area contributed by atoms with Crippen LogP contribution in [0.15, 0.2) is 97.3 Å². The lowest BCUT2D eigenvalue weighted by Crippen LogP contribution is -2.42. The summed E-state index contributed by atoms with van der Waals surface area (Å²) in [6, 6.07) is 24.9. The third-order valence-electron chi connectivity index (χ3n) is 7.43. The molecule has 0 bridgehead atoms. The average molecular weight is 624 g/mol. The molecule has 3 aromatic carbocycles. The van der Waals surface area contributed by atoms with Crippen molar-refractivity contribution in [2.75, 3.05) is 31.4 Å². The number of amides is 2. The van der Waals surface area contributed by atoms with Crippen molar-refractivity contribution in [3.8, 4) is 28.4 Å². The summed E-state index contributed by atoms with van der Waals surface area (Å²) in [6.45, 7) is 0.0174. The maximum atomic E-state index is 14.1. The molecule has 3 heterocycles. The Morgan fingerprint density at radius 2 is 1.78 bits per heavy atom. The standard InChI is InChI=1S/C34H30FN5O4S/c1-43-27-15-10-24(17-28(27)44-2)33-31-32(23-8-4-3-5-9-23)38-40(26-13-11-25(35)12-14-26)34(31)39(30(42)21-45-33)20-29(41)37-19-22-7-6-16-36-18-22/h3-18,33H,19-21H2,1-2H3,(H,37,41). The quantitative estimate of drug-likeness (QED) is 0.229. The molecule has 0 saturated heterocycles. The van der Waals surface area contributed by atoms with Crippen LogP contribution in [0, 0.1) is 5.82 Å². The first-order valence-corrected chi connectivity index (χ1v) is 15.3. The van der Waals surface area contributed by atoms with Gasteiger partial charge >= 0.3 is 0 Å². The molecule has 6 rings (SSSR count). The molecule has 0 radical (unpaired) electrons. The minimum atomic E-state index is -0.401. The van der Waals surface area contributed by atoms with Crippen molar-refractivity contribution >= 4 is 29.4 Å². The number of aromatic nitrogens is 3. The van der Waals surface area contributed by atoms with Crippen LogP contribution < -0.4 is 19.7 Å². The molecule has 2 aromatic heterocycles. The molecule has 45 heavy (non-hydrogen) atoms. The molecule has 1 aliphatic heterocycles. The van der Waals surface area contributed by atoms with Crippen LogP contribution in [-0.4, -0.2) is 53.1 Å². The number of nitrogens with one attached hydrogen (secondary N) is 1. The van der Waals surface area contributed by atoms with E-state index in [1.807, 2.05) is 54.6 Å². The second-order valence-electron chi connectivity index (χ2n) is 10.3. The van der Waals surface area contributed by atoms with E-state index in [1.54, 1.807) is 49.5 Å². The van der Waals surface area contributed by atoms with Gasteiger partial charge in [-0.15, -0.1) is 11.8 Å². The van der Waals surface area contributed by atoms with Crippen LogP contribution >= 0.6 is 11.8 Å². The van der Waals surface area contributed by atoms with Crippen molar-refractivity contribution in [1.29, 1.82) is 0 Å². The molecule has 0 aliphatic carbocycles. The Morgan fingerprint density at radius 3 is 2.49 bits per heavy atom. The fraction of sp³-hybridized carbons (Fsp3) is 0.176. The Hall–Kier alpha value is -5.16. The number of carbonyl (C=O) groups excluding carboxylic acids is 2. The van der Waals surface area contributed by atoms with E-state index < -0.39 is 5.82 Å². The second-order valence-corrected chi connectivity index (χ2v) is 11.4. The third-order valence-corrected chi connectivity index (χ3v) is 8.69. The number of pyridine rings is 1. The Morgan fingerprint density at radius 1 is 1.00 bits per heavy atom. The minimum absolute atomic E-state index is 0.0984. The van der Waals surface area contributed by atoms with Crippen molar-refractivity contribution in [3.05, 3.63) is 120 Å². The van der Waals surface area contributed by atoms with Crippen LogP contribution in [0.1, 0.15) is 21.9 Å². The number of ether oxygens (including phenoxy) is 2. The molecule has 1 unspecified atom stereocenters. The summed E-state index contributed by atoms with van der Waals surface area (Å²) >= 11 is 1.44. The van der Waals surface area contributed by atoms with E-state index in [9.17, 15) is 14.0 Å². The highest BCUT2D eigenvalue weighted by Gasteiger charge is 2.38. The molecule has 5 aromatic rings. The third kappa shape index (κ3) is 6.25. The predicted octanol–water partition coefficient (Wildman–Crippen LogP) is 5.58. The van der Waals surface area contributed by atoms with Crippen molar-refractivity contribution in [2.45, 2.75) is 11.8 Å². The Kier molecular flexibility index (Phi) is 8.79. The molecular formula is C34H30FN5O4S. The number of hydrogen-bond acceptors (Lipinski definition) is 7. The fourth-order valence-corrected chi connectivity index (χ4v) is 6.46. The highest BCUT2D eigenvalue weighted by Crippen LogP contribution is 2.49. The molecular weight excluding hydrogens is 593 g/mol. The molecule has 1 aliphatic rings. The van der Waals surface area contributed by atoms with Gasteiger partial charge in [-0.2, -0.15) is 5.10 Å². The zero-order chi connectivity index (χ0) is 31.3. The maximum absolute atomic E-state index is 14.1. The molecule has 228 valence electrons. The van der Waals surface area contributed by atoms with Crippen molar-refractivity contribution < 1.29 is 23.5 Å². The number of hydrogen-bond donors (Lipinski definition) is 1. The number of nitrogens with zero attached hydrogens (tertiary/aromatic N) is 4. The SMILES string of the molecule is COc1ccc(C2SCC(=O)N(CC(=O)NCc3cccnc3)c3c2c(-c2ccccc2)nn3-c2ccc(F)cc2)cc1OC. The minimum Gasteiger partial charge on any atom is -0.493 e. The van der Waals surface area contributed by atoms with Gasteiger partial charge in [0.25, 0.3) is 0 Å². The van der Waals surface area contributed by atoms with E-state index in [-0.39, 0.29) is 35.9 Å². The van der Waals surface area contributed by atoms with E-state index in [4.69, 9.17) is 14.6 Å². The fourth-order valence-electron chi connectivity index (χ4n) is 5.27. The van der Waals surface area contributed by atoms with Gasteiger partial charge in [0.05, 0.1) is 36.6 Å². The van der Waals surface area contributed by atoms with Gasteiger partial charge in [-0.1, -0.05) is 42.5 Å². The highest BCUT2D eigenvalue weighted by molar-refractivity contribution is 8.00. The normalized spacial score (nSPS) is 14.4. The topological polar surface area (TPSA) is 98.6 Å². The van der Waals surface area contributed by atoms with Crippen molar-refractivity contribution in [1.82, 2.24) is 20.1 Å². The molecule has 2 amide bonds. The van der Waals surface area contributed by atoms with E-state index in [0.717, 1.165) is 22.3 Å². The molecule has 0 saturated carbocycles. The number of fused-ring (bicyclic) bond motifs is 1. The molecule has 0 spiro atoms. The molecule has 1 atom stereocenters. The van der Waals surface area contributed by atoms with Gasteiger partial charge in [0.1, 0.15) is 18.2 Å². The molecule has 11 heteroatoms. The van der Waals surface area contributed by atoms with Crippen LogP contribution in [0.5, 0.6) is 11.5 Å². The smallest absolute Gasteiger partial charge is 0.240 e.